The first-order chi connectivity index (χ1) is 7.47. The molecular weight excluding hydrogens is 230 g/mol. The van der Waals surface area contributed by atoms with E-state index in [0.29, 0.717) is 10.6 Å². The van der Waals surface area contributed by atoms with Crippen LogP contribution in [0, 0.1) is 13.8 Å². The monoisotopic (exact) mass is 245 g/mol. The molecule has 0 aromatic carbocycles. The smallest absolute Gasteiger partial charge is 0.338 e. The molecule has 0 radical (unpaired) electrons. The van der Waals surface area contributed by atoms with Crippen LogP contribution in [0.15, 0.2) is 0 Å². The van der Waals surface area contributed by atoms with Gasteiger partial charge in [0.05, 0.1) is 22.2 Å². The van der Waals surface area contributed by atoms with Gasteiger partial charge in [0.15, 0.2) is 6.10 Å². The number of aryl methyl sites for hydroxylation is 2. The van der Waals surface area contributed by atoms with Crippen molar-refractivity contribution >= 4 is 17.3 Å². The van der Waals surface area contributed by atoms with Gasteiger partial charge in [-0.05, 0) is 20.8 Å². The van der Waals surface area contributed by atoms with E-state index in [1.807, 2.05) is 0 Å². The van der Waals surface area contributed by atoms with Crippen LogP contribution in [0.25, 0.3) is 0 Å². The van der Waals surface area contributed by atoms with Crippen molar-refractivity contribution in [3.05, 3.63) is 15.6 Å². The molecule has 1 aromatic heterocycles. The molecule has 0 saturated carbocycles. The summed E-state index contributed by atoms with van der Waals surface area (Å²) >= 11 is 1.26. The van der Waals surface area contributed by atoms with Crippen molar-refractivity contribution in [1.82, 2.24) is 4.98 Å². The summed E-state index contributed by atoms with van der Waals surface area (Å²) in [5, 5.41) is 20.1. The van der Waals surface area contributed by atoms with E-state index in [0.717, 1.165) is 5.01 Å². The molecule has 1 rings (SSSR count). The van der Waals surface area contributed by atoms with Gasteiger partial charge < -0.3 is 14.9 Å². The molecule has 16 heavy (non-hydrogen) atoms. The lowest BCUT2D eigenvalue weighted by Crippen LogP contribution is -2.29. The van der Waals surface area contributed by atoms with Crippen molar-refractivity contribution in [3.8, 4) is 0 Å². The lowest BCUT2D eigenvalue weighted by Gasteiger charge is -2.15. The summed E-state index contributed by atoms with van der Waals surface area (Å²) in [5.74, 6) is -0.819. The normalized spacial score (nSPS) is 14.6. The van der Waals surface area contributed by atoms with Crippen molar-refractivity contribution < 1.29 is 19.7 Å². The van der Waals surface area contributed by atoms with Gasteiger partial charge >= 0.3 is 5.97 Å². The maximum atomic E-state index is 11.2. The van der Waals surface area contributed by atoms with Crippen molar-refractivity contribution in [2.24, 2.45) is 0 Å². The van der Waals surface area contributed by atoms with E-state index in [2.05, 4.69) is 9.72 Å². The van der Waals surface area contributed by atoms with Gasteiger partial charge in [0.2, 0.25) is 0 Å². The molecule has 1 aromatic rings. The maximum Gasteiger partial charge on any atom is 0.338 e. The number of carbonyl (C=O) groups excluding carboxylic acids is 1. The van der Waals surface area contributed by atoms with E-state index in [1.54, 1.807) is 20.8 Å². The fraction of sp³-hybridized carbons (Fsp3) is 0.600. The summed E-state index contributed by atoms with van der Waals surface area (Å²) in [4.78, 5) is 15.8. The van der Waals surface area contributed by atoms with Gasteiger partial charge in [0.1, 0.15) is 6.10 Å². The Hall–Kier alpha value is -0.980. The highest BCUT2D eigenvalue weighted by Crippen LogP contribution is 2.27. The Labute approximate surface area is 97.7 Å². The van der Waals surface area contributed by atoms with E-state index >= 15 is 0 Å². The quantitative estimate of drug-likeness (QED) is 0.764. The Balaban J connectivity index is 2.81. The number of ether oxygens (including phenoxy) is 1. The first-order valence-corrected chi connectivity index (χ1v) is 5.75. The number of hydrogen-bond donors (Lipinski definition) is 2. The van der Waals surface area contributed by atoms with E-state index < -0.39 is 18.2 Å². The fourth-order valence-corrected chi connectivity index (χ4v) is 2.27. The fourth-order valence-electron chi connectivity index (χ4n) is 1.32. The molecule has 0 aliphatic carbocycles. The summed E-state index contributed by atoms with van der Waals surface area (Å²) < 4.78 is 4.63. The van der Waals surface area contributed by atoms with Crippen LogP contribution in [0.4, 0.5) is 0 Å². The van der Waals surface area contributed by atoms with Crippen molar-refractivity contribution in [2.45, 2.75) is 33.0 Å². The number of thiazole rings is 1. The largest absolute Gasteiger partial charge is 0.464 e. The minimum Gasteiger partial charge on any atom is -0.464 e. The third kappa shape index (κ3) is 2.78. The Morgan fingerprint density at radius 1 is 1.50 bits per heavy atom. The van der Waals surface area contributed by atoms with E-state index in [4.69, 9.17) is 0 Å². The average molecular weight is 245 g/mol. The third-order valence-electron chi connectivity index (χ3n) is 2.04. The number of nitrogens with zero attached hydrogens (tertiary/aromatic N) is 1. The standard InChI is InChI=1S/C10H15NO4S/c1-4-15-10(14)8(13)7(12)9-5(2)11-6(3)16-9/h7-8,12-13H,4H2,1-3H3. The summed E-state index contributed by atoms with van der Waals surface area (Å²) in [6.45, 7) is 5.33. The van der Waals surface area contributed by atoms with Crippen LogP contribution in [0.1, 0.15) is 28.6 Å². The van der Waals surface area contributed by atoms with Gasteiger partial charge in [0.25, 0.3) is 0 Å². The molecule has 90 valence electrons. The summed E-state index contributed by atoms with van der Waals surface area (Å²) in [5.41, 5.74) is 0.623. The topological polar surface area (TPSA) is 79.7 Å². The van der Waals surface area contributed by atoms with Crippen LogP contribution in [0.2, 0.25) is 0 Å². The average Bonchev–Trinajstić information content (AvgIpc) is 2.56. The lowest BCUT2D eigenvalue weighted by molar-refractivity contribution is -0.159. The molecule has 0 aliphatic heterocycles. The molecule has 0 aliphatic rings. The Kier molecular flexibility index (Phi) is 4.40. The molecule has 2 unspecified atom stereocenters. The Morgan fingerprint density at radius 3 is 2.56 bits per heavy atom. The molecule has 0 spiro atoms. The number of carbonyl (C=O) groups is 1. The van der Waals surface area contributed by atoms with Gasteiger partial charge in [0, 0.05) is 0 Å². The van der Waals surface area contributed by atoms with Crippen LogP contribution >= 0.6 is 11.3 Å². The minimum atomic E-state index is -1.56. The summed E-state index contributed by atoms with van der Waals surface area (Å²) in [6, 6.07) is 0. The number of hydrogen-bond acceptors (Lipinski definition) is 6. The number of rotatable bonds is 4. The Morgan fingerprint density at radius 2 is 2.12 bits per heavy atom. The zero-order valence-electron chi connectivity index (χ0n) is 9.43. The zero-order valence-corrected chi connectivity index (χ0v) is 10.2. The van der Waals surface area contributed by atoms with Gasteiger partial charge in [-0.3, -0.25) is 0 Å². The number of aliphatic hydroxyl groups is 2. The second kappa shape index (κ2) is 5.38. The lowest BCUT2D eigenvalue weighted by atomic mass is 10.1. The van der Waals surface area contributed by atoms with Crippen molar-refractivity contribution in [1.29, 1.82) is 0 Å². The molecule has 2 atom stereocenters. The van der Waals surface area contributed by atoms with Crippen LogP contribution < -0.4 is 0 Å². The van der Waals surface area contributed by atoms with Crippen molar-refractivity contribution in [3.63, 3.8) is 0 Å². The third-order valence-corrected chi connectivity index (χ3v) is 3.18. The highest BCUT2D eigenvalue weighted by molar-refractivity contribution is 7.11. The first kappa shape index (κ1) is 13.1. The van der Waals surface area contributed by atoms with Gasteiger partial charge in [-0.25, -0.2) is 9.78 Å². The van der Waals surface area contributed by atoms with Gasteiger partial charge in [-0.2, -0.15) is 0 Å². The number of aromatic nitrogens is 1. The highest BCUT2D eigenvalue weighted by Gasteiger charge is 2.29. The molecule has 6 heteroatoms. The highest BCUT2D eigenvalue weighted by atomic mass is 32.1. The van der Waals surface area contributed by atoms with Crippen LogP contribution in [0.5, 0.6) is 0 Å². The molecular formula is C10H15NO4S. The van der Waals surface area contributed by atoms with Crippen LogP contribution in [-0.4, -0.2) is 33.9 Å². The van der Waals surface area contributed by atoms with E-state index in [-0.39, 0.29) is 6.61 Å². The van der Waals surface area contributed by atoms with Gasteiger partial charge in [-0.1, -0.05) is 0 Å². The molecule has 2 N–H and O–H groups in total. The van der Waals surface area contributed by atoms with E-state index in [9.17, 15) is 15.0 Å². The predicted molar refractivity (Wildman–Crippen MR) is 59.2 cm³/mol. The maximum absolute atomic E-state index is 11.2. The van der Waals surface area contributed by atoms with Crippen LogP contribution in [-0.2, 0) is 9.53 Å². The molecule has 0 bridgehead atoms. The molecule has 5 nitrogen and oxygen atoms in total. The minimum absolute atomic E-state index is 0.170. The summed E-state index contributed by atoms with van der Waals surface area (Å²) in [7, 11) is 0. The Bertz CT molecular complexity index is 377. The number of esters is 1. The van der Waals surface area contributed by atoms with Crippen molar-refractivity contribution in [2.75, 3.05) is 6.61 Å². The summed E-state index contributed by atoms with van der Waals surface area (Å²) in [6.07, 6.45) is -2.83. The molecule has 0 saturated heterocycles. The molecule has 1 heterocycles. The molecule has 0 amide bonds. The second-order valence-electron chi connectivity index (χ2n) is 3.32. The first-order valence-electron chi connectivity index (χ1n) is 4.94. The van der Waals surface area contributed by atoms with E-state index in [1.165, 1.54) is 11.3 Å². The molecule has 0 fully saturated rings. The predicted octanol–water partition coefficient (Wildman–Crippen LogP) is 0.717. The van der Waals surface area contributed by atoms with Gasteiger partial charge in [-0.15, -0.1) is 11.3 Å². The number of aliphatic hydroxyl groups excluding tert-OH is 2. The van der Waals surface area contributed by atoms with Crippen LogP contribution in [0.3, 0.4) is 0 Å². The SMILES string of the molecule is CCOC(=O)C(O)C(O)c1sc(C)nc1C. The second-order valence-corrected chi connectivity index (χ2v) is 4.56. The zero-order chi connectivity index (χ0) is 12.3.